The van der Waals surface area contributed by atoms with Crippen LogP contribution < -0.4 is 14.8 Å². The molecule has 0 aliphatic heterocycles. The van der Waals surface area contributed by atoms with Gasteiger partial charge in [0, 0.05) is 5.92 Å². The van der Waals surface area contributed by atoms with Crippen LogP contribution in [-0.2, 0) is 4.79 Å². The van der Waals surface area contributed by atoms with Gasteiger partial charge in [0.15, 0.2) is 11.5 Å². The monoisotopic (exact) mass is 279 g/mol. The molecule has 1 aromatic rings. The first-order valence-electron chi connectivity index (χ1n) is 6.37. The molecule has 1 aliphatic rings. The average molecular weight is 279 g/mol. The molecule has 0 spiro atoms. The van der Waals surface area contributed by atoms with Crippen molar-refractivity contribution < 1.29 is 24.2 Å². The summed E-state index contributed by atoms with van der Waals surface area (Å²) in [5.74, 6) is -0.607. The molecule has 0 atom stereocenters. The van der Waals surface area contributed by atoms with Crippen molar-refractivity contribution in [1.82, 2.24) is 0 Å². The predicted octanol–water partition coefficient (Wildman–Crippen LogP) is 2.14. The van der Waals surface area contributed by atoms with E-state index in [1.165, 1.54) is 26.4 Å². The second-order valence-corrected chi connectivity index (χ2v) is 4.68. The Balaban J connectivity index is 2.34. The van der Waals surface area contributed by atoms with Crippen LogP contribution in [0.5, 0.6) is 11.5 Å². The normalized spacial score (nSPS) is 14.3. The molecule has 1 fully saturated rings. The summed E-state index contributed by atoms with van der Waals surface area (Å²) in [4.78, 5) is 23.1. The van der Waals surface area contributed by atoms with Crippen LogP contribution in [-0.4, -0.2) is 31.2 Å². The Labute approximate surface area is 116 Å². The van der Waals surface area contributed by atoms with Gasteiger partial charge in [0.05, 0.1) is 25.5 Å². The number of aromatic carboxylic acids is 1. The van der Waals surface area contributed by atoms with E-state index in [-0.39, 0.29) is 23.1 Å². The van der Waals surface area contributed by atoms with E-state index in [0.717, 1.165) is 19.3 Å². The van der Waals surface area contributed by atoms with Gasteiger partial charge in [0.2, 0.25) is 5.91 Å². The van der Waals surface area contributed by atoms with Crippen molar-refractivity contribution in [2.24, 2.45) is 5.92 Å². The Bertz CT molecular complexity index is 537. The zero-order valence-electron chi connectivity index (χ0n) is 11.4. The first-order valence-corrected chi connectivity index (χ1v) is 6.37. The molecule has 1 aromatic carbocycles. The molecule has 0 unspecified atom stereocenters. The van der Waals surface area contributed by atoms with Crippen LogP contribution in [0.25, 0.3) is 0 Å². The summed E-state index contributed by atoms with van der Waals surface area (Å²) in [5, 5.41) is 11.8. The molecule has 0 radical (unpaired) electrons. The molecule has 0 heterocycles. The van der Waals surface area contributed by atoms with Crippen molar-refractivity contribution in [1.29, 1.82) is 0 Å². The first-order chi connectivity index (χ1) is 9.56. The van der Waals surface area contributed by atoms with E-state index in [4.69, 9.17) is 14.6 Å². The zero-order chi connectivity index (χ0) is 14.7. The zero-order valence-corrected chi connectivity index (χ0v) is 11.4. The minimum atomic E-state index is -1.09. The lowest BCUT2D eigenvalue weighted by Gasteiger charge is -2.24. The number of carboxylic acid groups (broad SMARTS) is 1. The molecule has 20 heavy (non-hydrogen) atoms. The Morgan fingerprint density at radius 2 is 1.95 bits per heavy atom. The summed E-state index contributed by atoms with van der Waals surface area (Å²) < 4.78 is 10.3. The van der Waals surface area contributed by atoms with Gasteiger partial charge in [-0.05, 0) is 25.0 Å². The van der Waals surface area contributed by atoms with E-state index in [9.17, 15) is 9.59 Å². The number of nitrogens with one attached hydrogen (secondary N) is 1. The highest BCUT2D eigenvalue weighted by molar-refractivity contribution is 5.97. The van der Waals surface area contributed by atoms with Gasteiger partial charge in [-0.25, -0.2) is 4.79 Å². The van der Waals surface area contributed by atoms with Gasteiger partial charge >= 0.3 is 5.97 Å². The quantitative estimate of drug-likeness (QED) is 0.862. The van der Waals surface area contributed by atoms with Gasteiger partial charge in [-0.15, -0.1) is 0 Å². The number of hydrogen-bond donors (Lipinski definition) is 2. The van der Waals surface area contributed by atoms with Crippen LogP contribution in [0.3, 0.4) is 0 Å². The molecule has 2 rings (SSSR count). The number of amides is 1. The molecular formula is C14H17NO5. The fraction of sp³-hybridized carbons (Fsp3) is 0.429. The standard InChI is InChI=1S/C14H17NO5/c1-19-11-7-9(14(17)18)6-10(12(11)20-2)15-13(16)8-4-3-5-8/h6-8H,3-5H2,1-2H3,(H,15,16)(H,17,18). The van der Waals surface area contributed by atoms with Crippen molar-refractivity contribution in [2.45, 2.75) is 19.3 Å². The van der Waals surface area contributed by atoms with E-state index >= 15 is 0 Å². The fourth-order valence-electron chi connectivity index (χ4n) is 2.09. The van der Waals surface area contributed by atoms with Crippen LogP contribution >= 0.6 is 0 Å². The first kappa shape index (κ1) is 14.2. The smallest absolute Gasteiger partial charge is 0.335 e. The topological polar surface area (TPSA) is 84.9 Å². The molecule has 0 saturated heterocycles. The number of methoxy groups -OCH3 is 2. The molecular weight excluding hydrogens is 262 g/mol. The van der Waals surface area contributed by atoms with Crippen LogP contribution in [0, 0.1) is 5.92 Å². The summed E-state index contributed by atoms with van der Waals surface area (Å²) in [6, 6.07) is 2.74. The molecule has 108 valence electrons. The van der Waals surface area contributed by atoms with Gasteiger partial charge in [-0.3, -0.25) is 4.79 Å². The van der Waals surface area contributed by atoms with Crippen molar-refractivity contribution >= 4 is 17.6 Å². The van der Waals surface area contributed by atoms with Crippen LogP contribution in [0.4, 0.5) is 5.69 Å². The maximum Gasteiger partial charge on any atom is 0.335 e. The maximum atomic E-state index is 12.0. The summed E-state index contributed by atoms with van der Waals surface area (Å²) in [6.45, 7) is 0. The predicted molar refractivity (Wildman–Crippen MR) is 72.5 cm³/mol. The van der Waals surface area contributed by atoms with Gasteiger partial charge in [-0.1, -0.05) is 6.42 Å². The Kier molecular flexibility index (Phi) is 4.12. The van der Waals surface area contributed by atoms with Crippen molar-refractivity contribution in [2.75, 3.05) is 19.5 Å². The van der Waals surface area contributed by atoms with Gasteiger partial charge in [-0.2, -0.15) is 0 Å². The highest BCUT2D eigenvalue weighted by Gasteiger charge is 2.27. The largest absolute Gasteiger partial charge is 0.493 e. The van der Waals surface area contributed by atoms with E-state index in [1.54, 1.807) is 0 Å². The van der Waals surface area contributed by atoms with Gasteiger partial charge < -0.3 is 19.9 Å². The Morgan fingerprint density at radius 3 is 2.40 bits per heavy atom. The number of carbonyl (C=O) groups is 2. The number of carbonyl (C=O) groups excluding carboxylic acids is 1. The third kappa shape index (κ3) is 2.68. The number of benzene rings is 1. The van der Waals surface area contributed by atoms with Crippen molar-refractivity contribution in [3.05, 3.63) is 17.7 Å². The number of ether oxygens (including phenoxy) is 2. The highest BCUT2D eigenvalue weighted by atomic mass is 16.5. The van der Waals surface area contributed by atoms with Crippen molar-refractivity contribution in [3.63, 3.8) is 0 Å². The average Bonchev–Trinajstić information content (AvgIpc) is 2.35. The molecule has 6 nitrogen and oxygen atoms in total. The van der Waals surface area contributed by atoms with Crippen molar-refractivity contribution in [3.8, 4) is 11.5 Å². The van der Waals surface area contributed by atoms with E-state index in [2.05, 4.69) is 5.32 Å². The Morgan fingerprint density at radius 1 is 1.25 bits per heavy atom. The molecule has 1 aliphatic carbocycles. The lowest BCUT2D eigenvalue weighted by atomic mass is 9.85. The summed E-state index contributed by atoms with van der Waals surface area (Å²) >= 11 is 0. The molecule has 0 bridgehead atoms. The molecule has 0 aromatic heterocycles. The summed E-state index contributed by atoms with van der Waals surface area (Å²) in [7, 11) is 2.86. The lowest BCUT2D eigenvalue weighted by molar-refractivity contribution is -0.122. The van der Waals surface area contributed by atoms with Crippen LogP contribution in [0.15, 0.2) is 12.1 Å². The van der Waals surface area contributed by atoms with E-state index < -0.39 is 5.97 Å². The summed E-state index contributed by atoms with van der Waals surface area (Å²) in [6.07, 6.45) is 2.78. The molecule has 1 amide bonds. The second kappa shape index (κ2) is 5.81. The second-order valence-electron chi connectivity index (χ2n) is 4.68. The van der Waals surface area contributed by atoms with Crippen LogP contribution in [0.2, 0.25) is 0 Å². The number of rotatable bonds is 5. The number of anilines is 1. The molecule has 1 saturated carbocycles. The van der Waals surface area contributed by atoms with E-state index in [1.807, 2.05) is 0 Å². The molecule has 2 N–H and O–H groups in total. The molecule has 6 heteroatoms. The SMILES string of the molecule is COc1cc(C(=O)O)cc(NC(=O)C2CCC2)c1OC. The minimum absolute atomic E-state index is 0.000754. The van der Waals surface area contributed by atoms with Gasteiger partial charge in [0.1, 0.15) is 0 Å². The lowest BCUT2D eigenvalue weighted by Crippen LogP contribution is -2.28. The fourth-order valence-corrected chi connectivity index (χ4v) is 2.09. The third-order valence-electron chi connectivity index (χ3n) is 3.46. The Hall–Kier alpha value is -2.24. The maximum absolute atomic E-state index is 12.0. The minimum Gasteiger partial charge on any atom is -0.493 e. The third-order valence-corrected chi connectivity index (χ3v) is 3.46. The van der Waals surface area contributed by atoms with Gasteiger partial charge in [0.25, 0.3) is 0 Å². The highest BCUT2D eigenvalue weighted by Crippen LogP contribution is 2.37. The van der Waals surface area contributed by atoms with Crippen LogP contribution in [0.1, 0.15) is 29.6 Å². The van der Waals surface area contributed by atoms with E-state index in [0.29, 0.717) is 11.4 Å². The number of hydrogen-bond acceptors (Lipinski definition) is 4. The number of carboxylic acids is 1. The summed E-state index contributed by atoms with van der Waals surface area (Å²) in [5.41, 5.74) is 0.354.